The first-order chi connectivity index (χ1) is 14.6. The van der Waals surface area contributed by atoms with Crippen molar-refractivity contribution in [2.24, 2.45) is 0 Å². The van der Waals surface area contributed by atoms with Crippen LogP contribution in [0, 0.1) is 6.92 Å². The number of benzene rings is 2. The molecule has 0 radical (unpaired) electrons. The largest absolute Gasteiger partial charge is 0.477 e. The monoisotopic (exact) mass is 407 g/mol. The summed E-state index contributed by atoms with van der Waals surface area (Å²) in [7, 11) is 0. The Morgan fingerprint density at radius 2 is 1.93 bits per heavy atom. The van der Waals surface area contributed by atoms with Crippen LogP contribution in [0.15, 0.2) is 39.5 Å². The lowest BCUT2D eigenvalue weighted by Crippen LogP contribution is -2.32. The predicted octanol–water partition coefficient (Wildman–Crippen LogP) is 4.52. The van der Waals surface area contributed by atoms with Gasteiger partial charge in [-0.2, -0.15) is 0 Å². The third-order valence-electron chi connectivity index (χ3n) is 5.80. The zero-order valence-corrected chi connectivity index (χ0v) is 17.3. The molecule has 30 heavy (non-hydrogen) atoms. The van der Waals surface area contributed by atoms with Gasteiger partial charge in [-0.05, 0) is 49.1 Å². The van der Waals surface area contributed by atoms with E-state index in [2.05, 4.69) is 24.0 Å². The Labute approximate surface area is 175 Å². The van der Waals surface area contributed by atoms with Crippen LogP contribution in [-0.2, 0) is 19.5 Å². The Hall–Kier alpha value is -2.99. The Balaban J connectivity index is 1.46. The first kappa shape index (κ1) is 19.0. The van der Waals surface area contributed by atoms with E-state index in [0.29, 0.717) is 12.3 Å². The van der Waals surface area contributed by atoms with Gasteiger partial charge in [-0.1, -0.05) is 19.4 Å². The molecule has 2 aliphatic heterocycles. The molecule has 0 fully saturated rings. The van der Waals surface area contributed by atoms with Gasteiger partial charge in [0.05, 0.1) is 0 Å². The van der Waals surface area contributed by atoms with Crippen molar-refractivity contribution in [2.75, 3.05) is 13.5 Å². The number of hydrogen-bond acceptors (Lipinski definition) is 6. The van der Waals surface area contributed by atoms with Crippen LogP contribution >= 0.6 is 0 Å². The van der Waals surface area contributed by atoms with Gasteiger partial charge in [0.1, 0.15) is 18.1 Å². The lowest BCUT2D eigenvalue weighted by Gasteiger charge is -2.30. The van der Waals surface area contributed by atoms with Crippen LogP contribution in [0.5, 0.6) is 17.2 Å². The predicted molar refractivity (Wildman–Crippen MR) is 113 cm³/mol. The third kappa shape index (κ3) is 3.41. The molecule has 0 atom stereocenters. The van der Waals surface area contributed by atoms with E-state index in [-0.39, 0.29) is 12.4 Å². The van der Waals surface area contributed by atoms with Crippen molar-refractivity contribution in [1.82, 2.24) is 4.90 Å². The Kier molecular flexibility index (Phi) is 4.87. The van der Waals surface area contributed by atoms with E-state index >= 15 is 0 Å². The highest BCUT2D eigenvalue weighted by Gasteiger charge is 2.24. The van der Waals surface area contributed by atoms with Crippen LogP contribution in [0.25, 0.3) is 11.0 Å². The number of ether oxygens (including phenoxy) is 3. The van der Waals surface area contributed by atoms with E-state index in [9.17, 15) is 4.79 Å². The Morgan fingerprint density at radius 3 is 2.80 bits per heavy atom. The summed E-state index contributed by atoms with van der Waals surface area (Å²) in [5, 5.41) is 1.02. The van der Waals surface area contributed by atoms with Crippen LogP contribution in [0.1, 0.15) is 42.0 Å². The topological polar surface area (TPSA) is 61.1 Å². The Morgan fingerprint density at radius 1 is 1.07 bits per heavy atom. The van der Waals surface area contributed by atoms with Gasteiger partial charge in [0.25, 0.3) is 0 Å². The van der Waals surface area contributed by atoms with Gasteiger partial charge < -0.3 is 18.6 Å². The molecule has 0 aliphatic carbocycles. The SMILES string of the molecule is CCCCc1cc(=O)oc2c(C)c3c(cc12)CN(Cc1ccc2c(c1)OCO2)CO3. The minimum Gasteiger partial charge on any atom is -0.477 e. The zero-order chi connectivity index (χ0) is 20.7. The maximum Gasteiger partial charge on any atom is 0.336 e. The highest BCUT2D eigenvalue weighted by atomic mass is 16.7. The molecular weight excluding hydrogens is 382 g/mol. The number of aryl methyl sites for hydroxylation is 2. The normalized spacial score (nSPS) is 15.3. The van der Waals surface area contributed by atoms with Crippen molar-refractivity contribution < 1.29 is 18.6 Å². The van der Waals surface area contributed by atoms with Crippen LogP contribution in [-0.4, -0.2) is 18.4 Å². The summed E-state index contributed by atoms with van der Waals surface area (Å²) in [6, 6.07) is 9.82. The summed E-state index contributed by atoms with van der Waals surface area (Å²) in [5.41, 5.74) is 4.59. The number of nitrogens with zero attached hydrogens (tertiary/aromatic N) is 1. The molecule has 1 aromatic heterocycles. The molecule has 0 amide bonds. The van der Waals surface area contributed by atoms with Crippen molar-refractivity contribution in [2.45, 2.75) is 46.2 Å². The third-order valence-corrected chi connectivity index (χ3v) is 5.80. The number of hydrogen-bond donors (Lipinski definition) is 0. The molecule has 2 aliphatic rings. The maximum absolute atomic E-state index is 12.1. The van der Waals surface area contributed by atoms with Crippen molar-refractivity contribution in [3.8, 4) is 17.2 Å². The first-order valence-corrected chi connectivity index (χ1v) is 10.4. The van der Waals surface area contributed by atoms with Gasteiger partial charge in [0.15, 0.2) is 11.5 Å². The van der Waals surface area contributed by atoms with E-state index < -0.39 is 0 Å². The minimum atomic E-state index is -0.295. The van der Waals surface area contributed by atoms with Crippen molar-refractivity contribution in [3.05, 3.63) is 63.0 Å². The molecule has 3 aromatic rings. The molecule has 0 spiro atoms. The van der Waals surface area contributed by atoms with Gasteiger partial charge in [-0.15, -0.1) is 0 Å². The van der Waals surface area contributed by atoms with E-state index in [0.717, 1.165) is 77.2 Å². The van der Waals surface area contributed by atoms with Crippen LogP contribution in [0.2, 0.25) is 0 Å². The second kappa shape index (κ2) is 7.69. The maximum atomic E-state index is 12.1. The standard InChI is InChI=1S/C24H25NO5/c1-3-4-5-17-10-22(26)30-24-15(2)23-18(9-19(17)24)12-25(13-27-23)11-16-6-7-20-21(8-16)29-14-28-20/h6-10H,3-5,11-14H2,1-2H3. The smallest absolute Gasteiger partial charge is 0.336 e. The second-order valence-electron chi connectivity index (χ2n) is 8.01. The molecule has 0 bridgehead atoms. The molecular formula is C24H25NO5. The highest BCUT2D eigenvalue weighted by Crippen LogP contribution is 2.37. The van der Waals surface area contributed by atoms with E-state index in [4.69, 9.17) is 18.6 Å². The molecule has 156 valence electrons. The minimum absolute atomic E-state index is 0.280. The number of rotatable bonds is 5. The Bertz CT molecular complexity index is 1170. The fourth-order valence-electron chi connectivity index (χ4n) is 4.31. The molecule has 0 unspecified atom stereocenters. The van der Waals surface area contributed by atoms with Gasteiger partial charge in [-0.25, -0.2) is 4.79 Å². The molecule has 0 saturated heterocycles. The van der Waals surface area contributed by atoms with Crippen molar-refractivity contribution >= 4 is 11.0 Å². The van der Waals surface area contributed by atoms with Crippen molar-refractivity contribution in [3.63, 3.8) is 0 Å². The van der Waals surface area contributed by atoms with E-state index in [1.807, 2.05) is 19.1 Å². The highest BCUT2D eigenvalue weighted by molar-refractivity contribution is 5.86. The summed E-state index contributed by atoms with van der Waals surface area (Å²) in [6.07, 6.45) is 3.00. The van der Waals surface area contributed by atoms with E-state index in [1.54, 1.807) is 6.07 Å². The molecule has 0 N–H and O–H groups in total. The van der Waals surface area contributed by atoms with Gasteiger partial charge in [0, 0.05) is 35.7 Å². The summed E-state index contributed by atoms with van der Waals surface area (Å²) < 4.78 is 22.6. The zero-order valence-electron chi connectivity index (χ0n) is 17.3. The fraction of sp³-hybridized carbons (Fsp3) is 0.375. The van der Waals surface area contributed by atoms with Gasteiger partial charge in [0.2, 0.25) is 6.79 Å². The molecule has 5 rings (SSSR count). The molecule has 6 nitrogen and oxygen atoms in total. The van der Waals surface area contributed by atoms with Gasteiger partial charge in [-0.3, -0.25) is 4.90 Å². The summed E-state index contributed by atoms with van der Waals surface area (Å²) >= 11 is 0. The molecule has 3 heterocycles. The lowest BCUT2D eigenvalue weighted by molar-refractivity contribution is 0.0880. The summed E-state index contributed by atoms with van der Waals surface area (Å²) in [6.45, 7) is 6.41. The van der Waals surface area contributed by atoms with E-state index in [1.165, 1.54) is 0 Å². The fourth-order valence-corrected chi connectivity index (χ4v) is 4.31. The average Bonchev–Trinajstić information content (AvgIpc) is 3.21. The van der Waals surface area contributed by atoms with Crippen LogP contribution in [0.3, 0.4) is 0 Å². The summed E-state index contributed by atoms with van der Waals surface area (Å²) in [4.78, 5) is 14.3. The molecule has 6 heteroatoms. The van der Waals surface area contributed by atoms with Crippen molar-refractivity contribution in [1.29, 1.82) is 0 Å². The first-order valence-electron chi connectivity index (χ1n) is 10.4. The lowest BCUT2D eigenvalue weighted by atomic mass is 9.98. The van der Waals surface area contributed by atoms with Gasteiger partial charge >= 0.3 is 5.63 Å². The number of unbranched alkanes of at least 4 members (excludes halogenated alkanes) is 1. The number of fused-ring (bicyclic) bond motifs is 3. The molecule has 0 saturated carbocycles. The van der Waals surface area contributed by atoms with Crippen LogP contribution in [0.4, 0.5) is 0 Å². The average molecular weight is 407 g/mol. The second-order valence-corrected chi connectivity index (χ2v) is 8.01. The summed E-state index contributed by atoms with van der Waals surface area (Å²) in [5.74, 6) is 2.42. The molecule has 2 aromatic carbocycles. The van der Waals surface area contributed by atoms with Crippen LogP contribution < -0.4 is 19.8 Å². The quantitative estimate of drug-likeness (QED) is 0.580.